The number of anilines is 2. The van der Waals surface area contributed by atoms with Gasteiger partial charge in [-0.25, -0.2) is 0 Å². The summed E-state index contributed by atoms with van der Waals surface area (Å²) in [5.74, 6) is 2.62. The van der Waals surface area contributed by atoms with Crippen LogP contribution < -0.4 is 16.0 Å². The molecule has 0 bridgehead atoms. The van der Waals surface area contributed by atoms with E-state index in [2.05, 4.69) is 45.2 Å². The van der Waals surface area contributed by atoms with Gasteiger partial charge in [0.05, 0.1) is 6.04 Å². The van der Waals surface area contributed by atoms with E-state index >= 15 is 0 Å². The smallest absolute Gasteiger partial charge is 0.243 e. The van der Waals surface area contributed by atoms with Crippen molar-refractivity contribution in [2.24, 2.45) is 5.92 Å². The Morgan fingerprint density at radius 2 is 1.83 bits per heavy atom. The van der Waals surface area contributed by atoms with Crippen molar-refractivity contribution in [1.29, 1.82) is 0 Å². The Bertz CT molecular complexity index is 1140. The van der Waals surface area contributed by atoms with Gasteiger partial charge in [-0.1, -0.05) is 56.4 Å². The van der Waals surface area contributed by atoms with Crippen molar-refractivity contribution in [3.63, 3.8) is 0 Å². The van der Waals surface area contributed by atoms with Gasteiger partial charge in [-0.05, 0) is 61.8 Å². The fourth-order valence-electron chi connectivity index (χ4n) is 5.71. The summed E-state index contributed by atoms with van der Waals surface area (Å²) in [6.07, 6.45) is 14.1. The van der Waals surface area contributed by atoms with Gasteiger partial charge in [0.25, 0.3) is 0 Å². The Labute approximate surface area is 214 Å². The first kappa shape index (κ1) is 24.3. The average Bonchev–Trinajstić information content (AvgIpc) is 3.45. The van der Waals surface area contributed by atoms with Crippen LogP contribution in [0.3, 0.4) is 0 Å². The molecule has 7 heteroatoms. The minimum Gasteiger partial charge on any atom is -0.358 e. The van der Waals surface area contributed by atoms with Crippen LogP contribution in [-0.2, 0) is 11.2 Å². The van der Waals surface area contributed by atoms with Crippen LogP contribution in [-0.4, -0.2) is 33.0 Å². The zero-order valence-corrected chi connectivity index (χ0v) is 21.2. The lowest BCUT2D eigenvalue weighted by Crippen LogP contribution is -2.43. The predicted molar refractivity (Wildman–Crippen MR) is 144 cm³/mol. The number of benzene rings is 1. The van der Waals surface area contributed by atoms with Crippen molar-refractivity contribution in [3.8, 4) is 5.82 Å². The molecule has 1 saturated carbocycles. The number of nitrogens with one attached hydrogen (secondary N) is 3. The fraction of sp³-hybridized carbons (Fsp3) is 0.483. The van der Waals surface area contributed by atoms with Crippen molar-refractivity contribution in [2.75, 3.05) is 17.2 Å². The van der Waals surface area contributed by atoms with Gasteiger partial charge in [0.2, 0.25) is 11.9 Å². The number of aromatic nitrogens is 3. The molecule has 2 heterocycles. The minimum atomic E-state index is -0.343. The quantitative estimate of drug-likeness (QED) is 0.364. The first-order valence-corrected chi connectivity index (χ1v) is 13.6. The van der Waals surface area contributed by atoms with Gasteiger partial charge in [-0.3, -0.25) is 4.79 Å². The van der Waals surface area contributed by atoms with Gasteiger partial charge >= 0.3 is 0 Å². The van der Waals surface area contributed by atoms with Gasteiger partial charge in [0.15, 0.2) is 0 Å². The molecule has 2 aliphatic rings. The second-order valence-electron chi connectivity index (χ2n) is 10.1. The lowest BCUT2D eigenvalue weighted by Gasteiger charge is -2.31. The SMILES string of the molecule is CCNc1nc(N[C@H](CC2CCCCC2)C(=O)N[C@H]2CCCc3ccccc32)cc(-n2cccc2)n1. The van der Waals surface area contributed by atoms with Crippen LogP contribution in [0.25, 0.3) is 5.82 Å². The lowest BCUT2D eigenvalue weighted by atomic mass is 9.84. The van der Waals surface area contributed by atoms with Crippen LogP contribution in [0.4, 0.5) is 11.8 Å². The molecule has 0 spiro atoms. The van der Waals surface area contributed by atoms with E-state index in [1.807, 2.05) is 42.1 Å². The van der Waals surface area contributed by atoms with E-state index < -0.39 is 0 Å². The molecule has 0 radical (unpaired) electrons. The van der Waals surface area contributed by atoms with Gasteiger partial charge in [-0.2, -0.15) is 9.97 Å². The molecule has 2 aliphatic carbocycles. The number of hydrogen-bond acceptors (Lipinski definition) is 5. The molecule has 0 aliphatic heterocycles. The van der Waals surface area contributed by atoms with Gasteiger partial charge in [0, 0.05) is 25.0 Å². The summed E-state index contributed by atoms with van der Waals surface area (Å²) in [6, 6.07) is 14.1. The van der Waals surface area contributed by atoms with Crippen LogP contribution in [0.5, 0.6) is 0 Å². The summed E-state index contributed by atoms with van der Waals surface area (Å²) < 4.78 is 1.96. The highest BCUT2D eigenvalue weighted by Crippen LogP contribution is 2.31. The van der Waals surface area contributed by atoms with E-state index in [1.54, 1.807) is 0 Å². The molecule has 5 rings (SSSR count). The Balaban J connectivity index is 1.39. The number of carbonyl (C=O) groups is 1. The molecule has 36 heavy (non-hydrogen) atoms. The zero-order chi connectivity index (χ0) is 24.7. The van der Waals surface area contributed by atoms with E-state index in [0.717, 1.165) is 38.0 Å². The minimum absolute atomic E-state index is 0.0633. The number of fused-ring (bicyclic) bond motifs is 1. The molecule has 1 amide bonds. The first-order chi connectivity index (χ1) is 17.7. The third kappa shape index (κ3) is 5.89. The highest BCUT2D eigenvalue weighted by Gasteiger charge is 2.29. The molecular weight excluding hydrogens is 448 g/mol. The number of hydrogen-bond donors (Lipinski definition) is 3. The van der Waals surface area contributed by atoms with Gasteiger partial charge < -0.3 is 20.5 Å². The number of nitrogens with zero attached hydrogens (tertiary/aromatic N) is 3. The Morgan fingerprint density at radius 3 is 2.64 bits per heavy atom. The van der Waals surface area contributed by atoms with Crippen LogP contribution >= 0.6 is 0 Å². The predicted octanol–water partition coefficient (Wildman–Crippen LogP) is 5.64. The van der Waals surface area contributed by atoms with Crippen molar-refractivity contribution in [3.05, 3.63) is 66.0 Å². The molecule has 1 fully saturated rings. The molecular formula is C29H38N6O. The van der Waals surface area contributed by atoms with E-state index in [-0.39, 0.29) is 18.0 Å². The van der Waals surface area contributed by atoms with Crippen molar-refractivity contribution < 1.29 is 4.79 Å². The normalized spacial score (nSPS) is 18.8. The standard InChI is InChI=1S/C29H38N6O/c1-2-30-29-33-26(20-27(34-29)35-17-8-9-18-35)31-25(19-21-11-4-3-5-12-21)28(36)32-24-16-10-14-22-13-6-7-15-23(22)24/h6-9,13,15,17-18,20-21,24-25H,2-5,10-12,14,16,19H2,1H3,(H,32,36)(H2,30,31,33,34)/t24-,25+/m0/s1. The molecule has 1 aromatic carbocycles. The summed E-state index contributed by atoms with van der Waals surface area (Å²) in [5, 5.41) is 10.2. The first-order valence-electron chi connectivity index (χ1n) is 13.6. The molecule has 3 aromatic rings. The highest BCUT2D eigenvalue weighted by atomic mass is 16.2. The summed E-state index contributed by atoms with van der Waals surface area (Å²) in [5.41, 5.74) is 2.62. The van der Waals surface area contributed by atoms with Crippen LogP contribution in [0, 0.1) is 5.92 Å². The molecule has 0 unspecified atom stereocenters. The highest BCUT2D eigenvalue weighted by molar-refractivity contribution is 5.85. The summed E-state index contributed by atoms with van der Waals surface area (Å²) in [6.45, 7) is 2.75. The number of carbonyl (C=O) groups excluding carboxylic acids is 1. The largest absolute Gasteiger partial charge is 0.358 e. The number of aryl methyl sites for hydroxylation is 1. The van der Waals surface area contributed by atoms with Crippen LogP contribution in [0.15, 0.2) is 54.9 Å². The Morgan fingerprint density at radius 1 is 1.03 bits per heavy atom. The fourth-order valence-corrected chi connectivity index (χ4v) is 5.71. The molecule has 3 N–H and O–H groups in total. The van der Waals surface area contributed by atoms with Crippen LogP contribution in [0.1, 0.15) is 75.5 Å². The average molecular weight is 487 g/mol. The maximum absolute atomic E-state index is 13.8. The van der Waals surface area contributed by atoms with E-state index in [9.17, 15) is 4.79 Å². The van der Waals surface area contributed by atoms with Gasteiger partial charge in [0.1, 0.15) is 17.7 Å². The summed E-state index contributed by atoms with van der Waals surface area (Å²) >= 11 is 0. The second kappa shape index (κ2) is 11.6. The molecule has 2 atom stereocenters. The van der Waals surface area contributed by atoms with Crippen molar-refractivity contribution in [1.82, 2.24) is 19.9 Å². The van der Waals surface area contributed by atoms with E-state index in [0.29, 0.717) is 17.7 Å². The lowest BCUT2D eigenvalue weighted by molar-refractivity contribution is -0.123. The third-order valence-corrected chi connectivity index (χ3v) is 7.53. The molecule has 2 aromatic heterocycles. The van der Waals surface area contributed by atoms with Gasteiger partial charge in [-0.15, -0.1) is 0 Å². The number of rotatable bonds is 9. The van der Waals surface area contributed by atoms with Crippen LogP contribution in [0.2, 0.25) is 0 Å². The van der Waals surface area contributed by atoms with Crippen molar-refractivity contribution in [2.45, 2.75) is 76.8 Å². The topological polar surface area (TPSA) is 83.9 Å². The molecule has 0 saturated heterocycles. The monoisotopic (exact) mass is 486 g/mol. The summed E-state index contributed by atoms with van der Waals surface area (Å²) in [4.78, 5) is 23.1. The Hall–Kier alpha value is -3.35. The Kier molecular flexibility index (Phi) is 7.84. The third-order valence-electron chi connectivity index (χ3n) is 7.53. The molecule has 190 valence electrons. The number of amides is 1. The molecule has 7 nitrogen and oxygen atoms in total. The zero-order valence-electron chi connectivity index (χ0n) is 21.2. The second-order valence-corrected chi connectivity index (χ2v) is 10.1. The maximum atomic E-state index is 13.8. The maximum Gasteiger partial charge on any atom is 0.243 e. The van der Waals surface area contributed by atoms with Crippen molar-refractivity contribution >= 4 is 17.7 Å². The van der Waals surface area contributed by atoms with E-state index in [1.165, 1.54) is 43.2 Å². The summed E-state index contributed by atoms with van der Waals surface area (Å²) in [7, 11) is 0. The van der Waals surface area contributed by atoms with E-state index in [4.69, 9.17) is 4.98 Å².